The predicted octanol–water partition coefficient (Wildman–Crippen LogP) is 5.04. The van der Waals surface area contributed by atoms with E-state index in [1.54, 1.807) is 24.3 Å². The van der Waals surface area contributed by atoms with Crippen LogP contribution >= 0.6 is 23.2 Å². The number of aromatic nitrogens is 1. The van der Waals surface area contributed by atoms with E-state index < -0.39 is 5.82 Å². The molecule has 3 rings (SSSR count). The van der Waals surface area contributed by atoms with Gasteiger partial charge < -0.3 is 10.3 Å². The molecule has 0 atom stereocenters. The summed E-state index contributed by atoms with van der Waals surface area (Å²) in [4.78, 5) is 0. The Labute approximate surface area is 130 Å². The van der Waals surface area contributed by atoms with Gasteiger partial charge in [-0.3, -0.25) is 0 Å². The number of halogens is 3. The molecule has 0 spiro atoms. The van der Waals surface area contributed by atoms with Crippen LogP contribution in [0.25, 0.3) is 22.5 Å². The minimum atomic E-state index is -0.483. The summed E-state index contributed by atoms with van der Waals surface area (Å²) >= 11 is 12.1. The molecule has 0 aliphatic rings. The van der Waals surface area contributed by atoms with Gasteiger partial charge in [-0.2, -0.15) is 0 Å². The SMILES string of the molecule is Nc1noc(-c2cc(Cl)ccc2F)c1-c1ccccc1Cl. The monoisotopic (exact) mass is 322 g/mol. The number of hydrogen-bond donors (Lipinski definition) is 1. The highest BCUT2D eigenvalue weighted by Gasteiger charge is 2.22. The first-order chi connectivity index (χ1) is 10.1. The first kappa shape index (κ1) is 13.9. The molecule has 2 N–H and O–H groups in total. The Morgan fingerprint density at radius 2 is 1.81 bits per heavy atom. The fourth-order valence-electron chi connectivity index (χ4n) is 2.08. The van der Waals surface area contributed by atoms with Gasteiger partial charge in [0.15, 0.2) is 11.6 Å². The van der Waals surface area contributed by atoms with E-state index in [1.165, 1.54) is 18.2 Å². The fourth-order valence-corrected chi connectivity index (χ4v) is 2.48. The van der Waals surface area contributed by atoms with Crippen LogP contribution in [0.5, 0.6) is 0 Å². The van der Waals surface area contributed by atoms with Crippen LogP contribution in [0.4, 0.5) is 10.2 Å². The maximum absolute atomic E-state index is 14.0. The molecule has 0 radical (unpaired) electrons. The van der Waals surface area contributed by atoms with Gasteiger partial charge in [0.25, 0.3) is 0 Å². The van der Waals surface area contributed by atoms with Crippen molar-refractivity contribution < 1.29 is 8.91 Å². The minimum Gasteiger partial charge on any atom is -0.380 e. The van der Waals surface area contributed by atoms with Crippen LogP contribution in [0.1, 0.15) is 0 Å². The van der Waals surface area contributed by atoms with Crippen LogP contribution in [0, 0.1) is 5.82 Å². The lowest BCUT2D eigenvalue weighted by atomic mass is 10.0. The summed E-state index contributed by atoms with van der Waals surface area (Å²) < 4.78 is 19.2. The molecule has 0 fully saturated rings. The highest BCUT2D eigenvalue weighted by Crippen LogP contribution is 2.41. The molecule has 21 heavy (non-hydrogen) atoms. The summed E-state index contributed by atoms with van der Waals surface area (Å²) in [6.07, 6.45) is 0. The average molecular weight is 323 g/mol. The summed E-state index contributed by atoms with van der Waals surface area (Å²) in [6, 6.07) is 11.2. The van der Waals surface area contributed by atoms with Gasteiger partial charge in [0, 0.05) is 15.6 Å². The van der Waals surface area contributed by atoms with Crippen molar-refractivity contribution in [2.75, 3.05) is 5.73 Å². The second-order valence-electron chi connectivity index (χ2n) is 4.38. The van der Waals surface area contributed by atoms with E-state index in [-0.39, 0.29) is 17.1 Å². The number of nitrogen functional groups attached to an aromatic ring is 1. The van der Waals surface area contributed by atoms with Gasteiger partial charge in [-0.05, 0) is 24.3 Å². The topological polar surface area (TPSA) is 52.0 Å². The zero-order valence-corrected chi connectivity index (χ0v) is 12.1. The zero-order valence-electron chi connectivity index (χ0n) is 10.6. The molecule has 106 valence electrons. The average Bonchev–Trinajstić information content (AvgIpc) is 2.84. The Hall–Kier alpha value is -2.04. The van der Waals surface area contributed by atoms with Crippen molar-refractivity contribution in [3.05, 3.63) is 58.3 Å². The molecular weight excluding hydrogens is 314 g/mol. The lowest BCUT2D eigenvalue weighted by Crippen LogP contribution is -1.91. The molecule has 0 saturated carbocycles. The van der Waals surface area contributed by atoms with Crippen LogP contribution in [-0.2, 0) is 0 Å². The normalized spacial score (nSPS) is 10.8. The lowest BCUT2D eigenvalue weighted by Gasteiger charge is -2.06. The van der Waals surface area contributed by atoms with Crippen LogP contribution in [-0.4, -0.2) is 5.16 Å². The fraction of sp³-hybridized carbons (Fsp3) is 0. The first-order valence-electron chi connectivity index (χ1n) is 6.03. The highest BCUT2D eigenvalue weighted by atomic mass is 35.5. The zero-order chi connectivity index (χ0) is 15.0. The van der Waals surface area contributed by atoms with Crippen molar-refractivity contribution >= 4 is 29.0 Å². The third kappa shape index (κ3) is 2.48. The molecule has 3 aromatic rings. The number of nitrogens with zero attached hydrogens (tertiary/aromatic N) is 1. The molecule has 0 aliphatic heterocycles. The summed E-state index contributed by atoms with van der Waals surface area (Å²) in [5.74, 6) is -0.151. The van der Waals surface area contributed by atoms with Crippen LogP contribution in [0.3, 0.4) is 0 Å². The summed E-state index contributed by atoms with van der Waals surface area (Å²) in [6.45, 7) is 0. The van der Waals surface area contributed by atoms with Gasteiger partial charge in [0.05, 0.1) is 11.1 Å². The number of rotatable bonds is 2. The Kier molecular flexibility index (Phi) is 3.57. The Bertz CT molecular complexity index is 817. The maximum Gasteiger partial charge on any atom is 0.179 e. The van der Waals surface area contributed by atoms with Crippen molar-refractivity contribution in [2.24, 2.45) is 0 Å². The van der Waals surface area contributed by atoms with Gasteiger partial charge in [-0.1, -0.05) is 46.6 Å². The van der Waals surface area contributed by atoms with Crippen molar-refractivity contribution in [2.45, 2.75) is 0 Å². The van der Waals surface area contributed by atoms with Crippen LogP contribution in [0.2, 0.25) is 10.0 Å². The largest absolute Gasteiger partial charge is 0.380 e. The van der Waals surface area contributed by atoms with E-state index in [9.17, 15) is 4.39 Å². The van der Waals surface area contributed by atoms with Gasteiger partial charge in [0.1, 0.15) is 5.82 Å². The van der Waals surface area contributed by atoms with Crippen molar-refractivity contribution in [1.82, 2.24) is 5.16 Å². The first-order valence-corrected chi connectivity index (χ1v) is 6.79. The van der Waals surface area contributed by atoms with E-state index in [0.717, 1.165) is 0 Å². The maximum atomic E-state index is 14.0. The van der Waals surface area contributed by atoms with E-state index in [0.29, 0.717) is 21.2 Å². The number of nitrogens with two attached hydrogens (primary N) is 1. The van der Waals surface area contributed by atoms with Crippen molar-refractivity contribution in [3.8, 4) is 22.5 Å². The van der Waals surface area contributed by atoms with E-state index in [4.69, 9.17) is 33.5 Å². The third-order valence-electron chi connectivity index (χ3n) is 3.03. The summed E-state index contributed by atoms with van der Waals surface area (Å²) in [5, 5.41) is 4.57. The summed E-state index contributed by atoms with van der Waals surface area (Å²) in [7, 11) is 0. The Morgan fingerprint density at radius 3 is 2.57 bits per heavy atom. The van der Waals surface area contributed by atoms with Gasteiger partial charge in [0.2, 0.25) is 0 Å². The molecule has 0 amide bonds. The van der Waals surface area contributed by atoms with Gasteiger partial charge >= 0.3 is 0 Å². The third-order valence-corrected chi connectivity index (χ3v) is 3.60. The molecule has 3 nitrogen and oxygen atoms in total. The lowest BCUT2D eigenvalue weighted by molar-refractivity contribution is 0.433. The molecular formula is C15H9Cl2FN2O. The Balaban J connectivity index is 2.27. The molecule has 0 unspecified atom stereocenters. The van der Waals surface area contributed by atoms with Crippen LogP contribution < -0.4 is 5.73 Å². The van der Waals surface area contributed by atoms with Crippen molar-refractivity contribution in [1.29, 1.82) is 0 Å². The Morgan fingerprint density at radius 1 is 1.05 bits per heavy atom. The molecule has 6 heteroatoms. The van der Waals surface area contributed by atoms with Crippen molar-refractivity contribution in [3.63, 3.8) is 0 Å². The molecule has 2 aromatic carbocycles. The number of anilines is 1. The van der Waals surface area contributed by atoms with Gasteiger partial charge in [-0.25, -0.2) is 4.39 Å². The van der Waals surface area contributed by atoms with Crippen LogP contribution in [0.15, 0.2) is 47.0 Å². The molecule has 0 aliphatic carbocycles. The molecule has 1 aromatic heterocycles. The second kappa shape index (κ2) is 5.39. The standard InChI is InChI=1S/C15H9Cl2FN2O/c16-8-5-6-12(18)10(7-8)14-13(15(19)20-21-14)9-3-1-2-4-11(9)17/h1-7H,(H2,19,20). The van der Waals surface area contributed by atoms with Gasteiger partial charge in [-0.15, -0.1) is 0 Å². The molecule has 1 heterocycles. The molecule has 0 saturated heterocycles. The predicted molar refractivity (Wildman–Crippen MR) is 81.8 cm³/mol. The van der Waals surface area contributed by atoms with E-state index in [1.807, 2.05) is 0 Å². The number of hydrogen-bond acceptors (Lipinski definition) is 3. The number of benzene rings is 2. The highest BCUT2D eigenvalue weighted by molar-refractivity contribution is 6.33. The summed E-state index contributed by atoms with van der Waals surface area (Å²) in [5.41, 5.74) is 7.09. The second-order valence-corrected chi connectivity index (χ2v) is 5.22. The van der Waals surface area contributed by atoms with E-state index >= 15 is 0 Å². The molecule has 0 bridgehead atoms. The quantitative estimate of drug-likeness (QED) is 0.719. The smallest absolute Gasteiger partial charge is 0.179 e. The van der Waals surface area contributed by atoms with E-state index in [2.05, 4.69) is 5.16 Å². The minimum absolute atomic E-state index is 0.137.